The van der Waals surface area contributed by atoms with Gasteiger partial charge in [-0.2, -0.15) is 0 Å². The molecule has 0 bridgehead atoms. The van der Waals surface area contributed by atoms with E-state index in [1.165, 1.54) is 5.56 Å². The molecule has 1 saturated carbocycles. The second-order valence-corrected chi connectivity index (χ2v) is 6.51. The fourth-order valence-electron chi connectivity index (χ4n) is 4.24. The van der Waals surface area contributed by atoms with E-state index in [0.29, 0.717) is 12.5 Å². The molecule has 0 radical (unpaired) electrons. The lowest BCUT2D eigenvalue weighted by molar-refractivity contribution is -0.149. The van der Waals surface area contributed by atoms with E-state index in [0.717, 1.165) is 43.3 Å². The first-order valence-electron chi connectivity index (χ1n) is 7.59. The first kappa shape index (κ1) is 12.9. The Kier molecular flexibility index (Phi) is 2.82. The van der Waals surface area contributed by atoms with Crippen molar-refractivity contribution in [3.05, 3.63) is 36.1 Å². The predicted molar refractivity (Wildman–Crippen MR) is 78.9 cm³/mol. The van der Waals surface area contributed by atoms with E-state index in [9.17, 15) is 9.90 Å². The molecule has 1 aliphatic heterocycles. The average molecular weight is 285 g/mol. The number of carboxylic acid groups (broad SMARTS) is 1. The second kappa shape index (κ2) is 4.60. The van der Waals surface area contributed by atoms with Gasteiger partial charge in [-0.3, -0.25) is 9.69 Å². The molecule has 1 N–H and O–H groups in total. The van der Waals surface area contributed by atoms with Crippen LogP contribution in [0.5, 0.6) is 0 Å². The third-order valence-corrected chi connectivity index (χ3v) is 5.29. The Morgan fingerprint density at radius 3 is 3.14 bits per heavy atom. The molecule has 2 aliphatic rings. The highest BCUT2D eigenvalue weighted by Crippen LogP contribution is 2.49. The summed E-state index contributed by atoms with van der Waals surface area (Å²) in [6.45, 7) is 2.43. The normalized spacial score (nSPS) is 29.0. The lowest BCUT2D eigenvalue weighted by Crippen LogP contribution is -2.35. The van der Waals surface area contributed by atoms with E-state index >= 15 is 0 Å². The van der Waals surface area contributed by atoms with Crippen molar-refractivity contribution >= 4 is 16.9 Å². The van der Waals surface area contributed by atoms with Gasteiger partial charge in [-0.25, -0.2) is 0 Å². The molecule has 2 aromatic rings. The Balaban J connectivity index is 1.54. The van der Waals surface area contributed by atoms with Crippen LogP contribution in [0, 0.1) is 11.3 Å². The smallest absolute Gasteiger partial charge is 0.311 e. The molecule has 2 fully saturated rings. The molecule has 1 aliphatic carbocycles. The lowest BCUT2D eigenvalue weighted by Gasteiger charge is -2.23. The Hall–Kier alpha value is -1.81. The summed E-state index contributed by atoms with van der Waals surface area (Å²) in [6, 6.07) is 8.18. The molecule has 4 rings (SSSR count). The summed E-state index contributed by atoms with van der Waals surface area (Å²) in [5, 5.41) is 10.7. The van der Waals surface area contributed by atoms with Gasteiger partial charge < -0.3 is 9.52 Å². The Morgan fingerprint density at radius 2 is 2.33 bits per heavy atom. The summed E-state index contributed by atoms with van der Waals surface area (Å²) in [5.74, 6) is -0.273. The van der Waals surface area contributed by atoms with Crippen LogP contribution >= 0.6 is 0 Å². The van der Waals surface area contributed by atoms with Crippen molar-refractivity contribution < 1.29 is 14.3 Å². The van der Waals surface area contributed by atoms with Gasteiger partial charge in [0, 0.05) is 25.0 Å². The highest BCUT2D eigenvalue weighted by molar-refractivity contribution is 5.78. The van der Waals surface area contributed by atoms with Crippen LogP contribution < -0.4 is 0 Å². The van der Waals surface area contributed by atoms with Crippen molar-refractivity contribution in [1.29, 1.82) is 0 Å². The van der Waals surface area contributed by atoms with E-state index in [4.69, 9.17) is 4.42 Å². The number of hydrogen-bond acceptors (Lipinski definition) is 3. The summed E-state index contributed by atoms with van der Waals surface area (Å²) in [7, 11) is 0. The molecule has 1 aromatic heterocycles. The van der Waals surface area contributed by atoms with Crippen molar-refractivity contribution in [2.24, 2.45) is 11.3 Å². The third kappa shape index (κ3) is 1.97. The number of likely N-dealkylation sites (tertiary alicyclic amines) is 1. The van der Waals surface area contributed by atoms with Crippen LogP contribution in [0.2, 0.25) is 0 Å². The number of rotatable bonds is 3. The summed E-state index contributed by atoms with van der Waals surface area (Å²) >= 11 is 0. The van der Waals surface area contributed by atoms with Crippen molar-refractivity contribution in [1.82, 2.24) is 4.90 Å². The fourth-order valence-corrected chi connectivity index (χ4v) is 4.24. The maximum absolute atomic E-state index is 11.7. The monoisotopic (exact) mass is 285 g/mol. The fraction of sp³-hybridized carbons (Fsp3) is 0.471. The molecule has 0 amide bonds. The van der Waals surface area contributed by atoms with Gasteiger partial charge in [-0.1, -0.05) is 12.5 Å². The first-order valence-corrected chi connectivity index (χ1v) is 7.59. The average Bonchev–Trinajstić information content (AvgIpc) is 3.10. The molecule has 4 nitrogen and oxygen atoms in total. The molecule has 21 heavy (non-hydrogen) atoms. The van der Waals surface area contributed by atoms with Gasteiger partial charge in [0.15, 0.2) is 0 Å². The first-order chi connectivity index (χ1) is 10.2. The molecule has 110 valence electrons. The minimum atomic E-state index is -0.599. The number of hydrogen-bond donors (Lipinski definition) is 1. The summed E-state index contributed by atoms with van der Waals surface area (Å²) in [5.41, 5.74) is 1.64. The second-order valence-electron chi connectivity index (χ2n) is 6.51. The minimum absolute atomic E-state index is 0.327. The molecule has 2 atom stereocenters. The Labute approximate surface area is 123 Å². The molecule has 1 aromatic carbocycles. The summed E-state index contributed by atoms with van der Waals surface area (Å²) < 4.78 is 5.36. The highest BCUT2D eigenvalue weighted by Gasteiger charge is 2.54. The van der Waals surface area contributed by atoms with Gasteiger partial charge in [0.1, 0.15) is 5.58 Å². The van der Waals surface area contributed by atoms with Gasteiger partial charge in [0.2, 0.25) is 0 Å². The van der Waals surface area contributed by atoms with Crippen LogP contribution in [-0.2, 0) is 11.3 Å². The molecule has 4 heteroatoms. The third-order valence-electron chi connectivity index (χ3n) is 5.29. The lowest BCUT2D eigenvalue weighted by atomic mass is 9.81. The number of benzene rings is 1. The van der Waals surface area contributed by atoms with Crippen molar-refractivity contribution in [3.8, 4) is 0 Å². The summed E-state index contributed by atoms with van der Waals surface area (Å²) in [6.07, 6.45) is 4.66. The van der Waals surface area contributed by atoms with E-state index in [2.05, 4.69) is 17.0 Å². The van der Waals surface area contributed by atoms with Crippen LogP contribution in [0.25, 0.3) is 11.0 Å². The van der Waals surface area contributed by atoms with E-state index in [-0.39, 0.29) is 0 Å². The van der Waals surface area contributed by atoms with Gasteiger partial charge in [0.25, 0.3) is 0 Å². The molecule has 1 saturated heterocycles. The largest absolute Gasteiger partial charge is 0.481 e. The maximum atomic E-state index is 11.7. The topological polar surface area (TPSA) is 53.7 Å². The van der Waals surface area contributed by atoms with Crippen LogP contribution in [0.1, 0.15) is 24.8 Å². The highest BCUT2D eigenvalue weighted by atomic mass is 16.4. The quantitative estimate of drug-likeness (QED) is 0.941. The zero-order chi connectivity index (χ0) is 14.4. The Morgan fingerprint density at radius 1 is 1.43 bits per heavy atom. The zero-order valence-electron chi connectivity index (χ0n) is 11.9. The molecular formula is C17H19NO3. The number of carboxylic acids is 1. The summed E-state index contributed by atoms with van der Waals surface area (Å²) in [4.78, 5) is 14.0. The molecule has 2 heterocycles. The van der Waals surface area contributed by atoms with Crippen molar-refractivity contribution in [2.45, 2.75) is 25.8 Å². The SMILES string of the molecule is O=C(O)[C@@]12CCC[C@H]1CN(Cc1ccc3occc3c1)C2. The van der Waals surface area contributed by atoms with Crippen LogP contribution in [-0.4, -0.2) is 29.1 Å². The number of fused-ring (bicyclic) bond motifs is 2. The van der Waals surface area contributed by atoms with Gasteiger partial charge >= 0.3 is 5.97 Å². The molecule has 0 spiro atoms. The number of aliphatic carboxylic acids is 1. The predicted octanol–water partition coefficient (Wildman–Crippen LogP) is 3.12. The van der Waals surface area contributed by atoms with Crippen molar-refractivity contribution in [2.75, 3.05) is 13.1 Å². The number of nitrogens with zero attached hydrogens (tertiary/aromatic N) is 1. The van der Waals surface area contributed by atoms with Gasteiger partial charge in [-0.15, -0.1) is 0 Å². The van der Waals surface area contributed by atoms with E-state index in [1.54, 1.807) is 6.26 Å². The molecular weight excluding hydrogens is 266 g/mol. The van der Waals surface area contributed by atoms with E-state index < -0.39 is 11.4 Å². The maximum Gasteiger partial charge on any atom is 0.311 e. The van der Waals surface area contributed by atoms with Crippen molar-refractivity contribution in [3.63, 3.8) is 0 Å². The standard InChI is InChI=1S/C17H19NO3/c19-16(20)17-6-1-2-14(17)10-18(11-17)9-12-3-4-15-13(8-12)5-7-21-15/h3-5,7-8,14H,1-2,6,9-11H2,(H,19,20)/t14-,17+/m0/s1. The minimum Gasteiger partial charge on any atom is -0.481 e. The van der Waals surface area contributed by atoms with Crippen LogP contribution in [0.15, 0.2) is 34.9 Å². The van der Waals surface area contributed by atoms with Gasteiger partial charge in [-0.05, 0) is 42.5 Å². The van der Waals surface area contributed by atoms with Crippen LogP contribution in [0.4, 0.5) is 0 Å². The number of furan rings is 1. The number of carbonyl (C=O) groups is 1. The Bertz CT molecular complexity index is 692. The van der Waals surface area contributed by atoms with E-state index in [1.807, 2.05) is 12.1 Å². The molecule has 0 unspecified atom stereocenters. The van der Waals surface area contributed by atoms with Gasteiger partial charge in [0.05, 0.1) is 11.7 Å². The zero-order valence-corrected chi connectivity index (χ0v) is 11.9. The van der Waals surface area contributed by atoms with Crippen LogP contribution in [0.3, 0.4) is 0 Å².